The number of carbonyl (C=O) groups is 1. The van der Waals surface area contributed by atoms with E-state index in [9.17, 15) is 4.79 Å². The highest BCUT2D eigenvalue weighted by molar-refractivity contribution is 6.74. The van der Waals surface area contributed by atoms with Crippen molar-refractivity contribution < 1.29 is 9.22 Å². The molecule has 2 rings (SSSR count). The largest absolute Gasteiger partial charge is 0.416 e. The summed E-state index contributed by atoms with van der Waals surface area (Å²) in [5.41, 5.74) is 2.57. The topological polar surface area (TPSA) is 32.8 Å². The van der Waals surface area contributed by atoms with Gasteiger partial charge in [-0.2, -0.15) is 0 Å². The monoisotopic (exact) mass is 362 g/mol. The van der Waals surface area contributed by atoms with Crippen LogP contribution in [0.15, 0.2) is 24.3 Å². The molecular formula is C20H34N2O2Si. The summed E-state index contributed by atoms with van der Waals surface area (Å²) in [7, 11) is -1.65. The molecule has 1 heterocycles. The first-order valence-corrected chi connectivity index (χ1v) is 12.2. The van der Waals surface area contributed by atoms with Gasteiger partial charge in [0.15, 0.2) is 8.32 Å². The fraction of sp³-hybridized carbons (Fsp3) is 0.650. The summed E-state index contributed by atoms with van der Waals surface area (Å²) in [6.45, 7) is 17.3. The van der Waals surface area contributed by atoms with Crippen LogP contribution in [-0.2, 0) is 15.6 Å². The zero-order valence-electron chi connectivity index (χ0n) is 16.8. The minimum absolute atomic E-state index is 0.178. The van der Waals surface area contributed by atoms with Crippen LogP contribution in [0.25, 0.3) is 0 Å². The third-order valence-corrected chi connectivity index (χ3v) is 10.2. The Morgan fingerprint density at radius 2 is 1.64 bits per heavy atom. The molecule has 4 nitrogen and oxygen atoms in total. The van der Waals surface area contributed by atoms with Gasteiger partial charge in [-0.05, 0) is 42.2 Å². The van der Waals surface area contributed by atoms with E-state index in [0.717, 1.165) is 39.2 Å². The third-order valence-electron chi connectivity index (χ3n) is 5.69. The summed E-state index contributed by atoms with van der Waals surface area (Å²) in [4.78, 5) is 15.7. The number of piperazine rings is 1. The van der Waals surface area contributed by atoms with Crippen molar-refractivity contribution in [3.05, 3.63) is 29.8 Å². The molecule has 140 valence electrons. The van der Waals surface area contributed by atoms with Crippen molar-refractivity contribution >= 4 is 19.9 Å². The van der Waals surface area contributed by atoms with Gasteiger partial charge in [-0.15, -0.1) is 0 Å². The van der Waals surface area contributed by atoms with E-state index in [4.69, 9.17) is 4.43 Å². The zero-order valence-corrected chi connectivity index (χ0v) is 17.8. The van der Waals surface area contributed by atoms with E-state index in [2.05, 4.69) is 63.0 Å². The SMILES string of the molecule is CC(=O)N1CCN(c2ccc(CCO[Si](C)(C)C(C)(C)C)cc2)CC1. The van der Waals surface area contributed by atoms with Crippen molar-refractivity contribution in [1.29, 1.82) is 0 Å². The van der Waals surface area contributed by atoms with Crippen LogP contribution in [-0.4, -0.2) is 51.9 Å². The lowest BCUT2D eigenvalue weighted by molar-refractivity contribution is -0.129. The third kappa shape index (κ3) is 5.32. The summed E-state index contributed by atoms with van der Waals surface area (Å²) in [6.07, 6.45) is 0.963. The lowest BCUT2D eigenvalue weighted by Gasteiger charge is -2.36. The van der Waals surface area contributed by atoms with Gasteiger partial charge >= 0.3 is 0 Å². The molecule has 0 radical (unpaired) electrons. The van der Waals surface area contributed by atoms with Gasteiger partial charge in [0.1, 0.15) is 0 Å². The molecule has 0 bridgehead atoms. The molecule has 0 aromatic heterocycles. The van der Waals surface area contributed by atoms with Gasteiger partial charge in [-0.25, -0.2) is 0 Å². The second kappa shape index (κ2) is 7.91. The van der Waals surface area contributed by atoms with Crippen molar-refractivity contribution in [2.24, 2.45) is 0 Å². The predicted molar refractivity (Wildman–Crippen MR) is 108 cm³/mol. The van der Waals surface area contributed by atoms with Gasteiger partial charge in [0, 0.05) is 45.4 Å². The summed E-state index contributed by atoms with van der Waals surface area (Å²) < 4.78 is 6.27. The summed E-state index contributed by atoms with van der Waals surface area (Å²) in [5, 5.41) is 0.263. The molecule has 5 heteroatoms. The molecule has 0 unspecified atom stereocenters. The van der Waals surface area contributed by atoms with E-state index >= 15 is 0 Å². The fourth-order valence-electron chi connectivity index (χ4n) is 2.79. The highest BCUT2D eigenvalue weighted by Crippen LogP contribution is 2.36. The molecule has 1 aromatic rings. The molecule has 0 spiro atoms. The Balaban J connectivity index is 1.83. The molecule has 1 aromatic carbocycles. The van der Waals surface area contributed by atoms with Crippen LogP contribution in [0.3, 0.4) is 0 Å². The van der Waals surface area contributed by atoms with E-state index in [-0.39, 0.29) is 10.9 Å². The maximum absolute atomic E-state index is 11.4. The van der Waals surface area contributed by atoms with Crippen molar-refractivity contribution in [2.45, 2.75) is 52.2 Å². The number of amides is 1. The van der Waals surface area contributed by atoms with Crippen molar-refractivity contribution in [3.63, 3.8) is 0 Å². The van der Waals surface area contributed by atoms with E-state index in [1.807, 2.05) is 4.90 Å². The average molecular weight is 363 g/mol. The van der Waals surface area contributed by atoms with Crippen LogP contribution >= 0.6 is 0 Å². The van der Waals surface area contributed by atoms with E-state index < -0.39 is 8.32 Å². The smallest absolute Gasteiger partial charge is 0.219 e. The van der Waals surface area contributed by atoms with E-state index in [1.54, 1.807) is 6.92 Å². The molecule has 1 saturated heterocycles. The fourth-order valence-corrected chi connectivity index (χ4v) is 3.84. The van der Waals surface area contributed by atoms with Crippen molar-refractivity contribution in [1.82, 2.24) is 4.90 Å². The predicted octanol–water partition coefficient (Wildman–Crippen LogP) is 3.92. The molecule has 1 aliphatic heterocycles. The van der Waals surface area contributed by atoms with Crippen LogP contribution in [0.2, 0.25) is 18.1 Å². The van der Waals surface area contributed by atoms with Gasteiger partial charge in [0.05, 0.1) is 0 Å². The normalized spacial score (nSPS) is 16.2. The Hall–Kier alpha value is -1.33. The molecule has 1 aliphatic rings. The number of hydrogen-bond acceptors (Lipinski definition) is 3. The Morgan fingerprint density at radius 3 is 2.12 bits per heavy atom. The van der Waals surface area contributed by atoms with E-state index in [0.29, 0.717) is 0 Å². The number of nitrogens with zero attached hydrogens (tertiary/aromatic N) is 2. The number of rotatable bonds is 5. The first kappa shape index (κ1) is 20.0. The second-order valence-electron chi connectivity index (χ2n) is 8.52. The highest BCUT2D eigenvalue weighted by atomic mass is 28.4. The molecular weight excluding hydrogens is 328 g/mol. The molecule has 1 fully saturated rings. The molecule has 0 N–H and O–H groups in total. The van der Waals surface area contributed by atoms with E-state index in [1.165, 1.54) is 11.3 Å². The lowest BCUT2D eigenvalue weighted by atomic mass is 10.1. The standard InChI is InChI=1S/C20H34N2O2Si/c1-17(23)21-12-14-22(15-13-21)19-9-7-18(8-10-19)11-16-24-25(5,6)20(2,3)4/h7-10H,11-16H2,1-6H3. The van der Waals surface area contributed by atoms with Gasteiger partial charge in [-0.1, -0.05) is 32.9 Å². The first-order valence-electron chi connectivity index (χ1n) is 9.33. The number of hydrogen-bond donors (Lipinski definition) is 0. The maximum atomic E-state index is 11.4. The number of anilines is 1. The molecule has 0 atom stereocenters. The van der Waals surface area contributed by atoms with Crippen LogP contribution < -0.4 is 4.90 Å². The minimum atomic E-state index is -1.65. The second-order valence-corrected chi connectivity index (χ2v) is 13.3. The molecule has 25 heavy (non-hydrogen) atoms. The first-order chi connectivity index (χ1) is 11.6. The Labute approximate surface area is 154 Å². The minimum Gasteiger partial charge on any atom is -0.416 e. The van der Waals surface area contributed by atoms with Gasteiger partial charge in [-0.3, -0.25) is 4.79 Å². The Morgan fingerprint density at radius 1 is 1.08 bits per heavy atom. The van der Waals surface area contributed by atoms with Crippen LogP contribution in [0.1, 0.15) is 33.3 Å². The molecule has 0 aliphatic carbocycles. The van der Waals surface area contributed by atoms with Gasteiger partial charge in [0.25, 0.3) is 0 Å². The number of benzene rings is 1. The van der Waals surface area contributed by atoms with Crippen LogP contribution in [0.4, 0.5) is 5.69 Å². The van der Waals surface area contributed by atoms with Crippen molar-refractivity contribution in [3.8, 4) is 0 Å². The van der Waals surface area contributed by atoms with Crippen molar-refractivity contribution in [2.75, 3.05) is 37.7 Å². The lowest BCUT2D eigenvalue weighted by Crippen LogP contribution is -2.48. The summed E-state index contributed by atoms with van der Waals surface area (Å²) in [6, 6.07) is 8.82. The average Bonchev–Trinajstić information content (AvgIpc) is 2.54. The molecule has 0 saturated carbocycles. The summed E-state index contributed by atoms with van der Waals surface area (Å²) in [5.74, 6) is 0.178. The quantitative estimate of drug-likeness (QED) is 0.744. The molecule has 1 amide bonds. The summed E-state index contributed by atoms with van der Waals surface area (Å²) >= 11 is 0. The van der Waals surface area contributed by atoms with Crippen LogP contribution in [0.5, 0.6) is 0 Å². The Kier molecular flexibility index (Phi) is 6.33. The van der Waals surface area contributed by atoms with Crippen LogP contribution in [0, 0.1) is 0 Å². The number of carbonyl (C=O) groups excluding carboxylic acids is 1. The zero-order chi connectivity index (χ0) is 18.7. The van der Waals surface area contributed by atoms with Gasteiger partial charge < -0.3 is 14.2 Å². The highest BCUT2D eigenvalue weighted by Gasteiger charge is 2.36. The van der Waals surface area contributed by atoms with Gasteiger partial charge in [0.2, 0.25) is 5.91 Å². The Bertz CT molecular complexity index is 570. The maximum Gasteiger partial charge on any atom is 0.219 e.